The molecule has 0 spiro atoms. The minimum atomic E-state index is 0.121. The van der Waals surface area contributed by atoms with Gasteiger partial charge in [0.25, 0.3) is 0 Å². The molecule has 1 N–H and O–H groups in total. The lowest BCUT2D eigenvalue weighted by Crippen LogP contribution is -2.21. The molecule has 20 heavy (non-hydrogen) atoms. The monoisotopic (exact) mass is 337 g/mol. The fraction of sp³-hybridized carbons (Fsp3) is 0.562. The Labute approximate surface area is 128 Å². The van der Waals surface area contributed by atoms with Crippen LogP contribution in [0.5, 0.6) is 0 Å². The van der Waals surface area contributed by atoms with E-state index in [1.807, 2.05) is 6.07 Å². The van der Waals surface area contributed by atoms with Gasteiger partial charge in [-0.3, -0.25) is 4.79 Å². The quantitative estimate of drug-likeness (QED) is 0.851. The molecular weight excluding hydrogens is 318 g/mol. The van der Waals surface area contributed by atoms with Crippen LogP contribution < -0.4 is 5.32 Å². The SMILES string of the molecule is CCC1OCCC1C(Br)c1ccc2c(c1)CCC(=O)N2. The summed E-state index contributed by atoms with van der Waals surface area (Å²) in [4.78, 5) is 11.7. The average molecular weight is 338 g/mol. The van der Waals surface area contributed by atoms with Crippen molar-refractivity contribution in [3.8, 4) is 0 Å². The molecule has 4 heteroatoms. The highest BCUT2D eigenvalue weighted by Gasteiger charge is 2.33. The number of benzene rings is 1. The zero-order valence-corrected chi connectivity index (χ0v) is 13.3. The molecule has 2 heterocycles. The number of halogens is 1. The number of hydrogen-bond acceptors (Lipinski definition) is 2. The smallest absolute Gasteiger partial charge is 0.224 e. The van der Waals surface area contributed by atoms with Gasteiger partial charge in [-0.05, 0) is 36.5 Å². The molecule has 0 aromatic heterocycles. The highest BCUT2D eigenvalue weighted by Crippen LogP contribution is 2.41. The van der Waals surface area contributed by atoms with Gasteiger partial charge in [-0.15, -0.1) is 0 Å². The summed E-state index contributed by atoms with van der Waals surface area (Å²) in [6.45, 7) is 3.05. The predicted molar refractivity (Wildman–Crippen MR) is 83.2 cm³/mol. The summed E-state index contributed by atoms with van der Waals surface area (Å²) in [7, 11) is 0. The Morgan fingerprint density at radius 2 is 2.30 bits per heavy atom. The maximum absolute atomic E-state index is 11.4. The Morgan fingerprint density at radius 1 is 1.45 bits per heavy atom. The van der Waals surface area contributed by atoms with Gasteiger partial charge in [0.1, 0.15) is 0 Å². The first-order chi connectivity index (χ1) is 9.69. The van der Waals surface area contributed by atoms with Crippen molar-refractivity contribution in [2.24, 2.45) is 5.92 Å². The van der Waals surface area contributed by atoms with E-state index < -0.39 is 0 Å². The van der Waals surface area contributed by atoms with Crippen LogP contribution in [0.1, 0.15) is 42.1 Å². The van der Waals surface area contributed by atoms with Crippen LogP contribution in [0.15, 0.2) is 18.2 Å². The first kappa shape index (κ1) is 14.1. The van der Waals surface area contributed by atoms with E-state index in [0.717, 1.165) is 31.6 Å². The molecule has 3 nitrogen and oxygen atoms in total. The number of anilines is 1. The molecule has 2 aliphatic rings. The fourth-order valence-corrected chi connectivity index (χ4v) is 4.13. The van der Waals surface area contributed by atoms with Crippen LogP contribution in [0.3, 0.4) is 0 Å². The van der Waals surface area contributed by atoms with Gasteiger partial charge in [-0.2, -0.15) is 0 Å². The summed E-state index contributed by atoms with van der Waals surface area (Å²) in [6.07, 6.45) is 3.96. The molecule has 1 amide bonds. The molecule has 2 aliphatic heterocycles. The number of fused-ring (bicyclic) bond motifs is 1. The molecule has 1 saturated heterocycles. The van der Waals surface area contributed by atoms with Crippen molar-refractivity contribution < 1.29 is 9.53 Å². The number of rotatable bonds is 3. The number of nitrogens with one attached hydrogen (secondary N) is 1. The number of aryl methyl sites for hydroxylation is 1. The van der Waals surface area contributed by atoms with Crippen molar-refractivity contribution in [2.45, 2.75) is 43.5 Å². The summed E-state index contributed by atoms with van der Waals surface area (Å²) in [6, 6.07) is 6.39. The first-order valence-corrected chi connectivity index (χ1v) is 8.29. The van der Waals surface area contributed by atoms with Gasteiger partial charge in [0.2, 0.25) is 5.91 Å². The van der Waals surface area contributed by atoms with Gasteiger partial charge in [-0.25, -0.2) is 0 Å². The largest absolute Gasteiger partial charge is 0.378 e. The molecule has 0 aliphatic carbocycles. The summed E-state index contributed by atoms with van der Waals surface area (Å²) >= 11 is 3.87. The Morgan fingerprint density at radius 3 is 3.10 bits per heavy atom. The third-order valence-electron chi connectivity index (χ3n) is 4.38. The minimum Gasteiger partial charge on any atom is -0.378 e. The van der Waals surface area contributed by atoms with Crippen molar-refractivity contribution in [1.82, 2.24) is 0 Å². The lowest BCUT2D eigenvalue weighted by Gasteiger charge is -2.24. The van der Waals surface area contributed by atoms with E-state index in [4.69, 9.17) is 4.74 Å². The second kappa shape index (κ2) is 5.86. The van der Waals surface area contributed by atoms with Crippen LogP contribution in [0.4, 0.5) is 5.69 Å². The summed E-state index contributed by atoms with van der Waals surface area (Å²) < 4.78 is 5.80. The fourth-order valence-electron chi connectivity index (χ4n) is 3.24. The van der Waals surface area contributed by atoms with Crippen LogP contribution in [0, 0.1) is 5.92 Å². The molecular formula is C16H20BrNO2. The van der Waals surface area contributed by atoms with Gasteiger partial charge >= 0.3 is 0 Å². The van der Waals surface area contributed by atoms with Crippen molar-refractivity contribution in [3.63, 3.8) is 0 Å². The van der Waals surface area contributed by atoms with E-state index in [-0.39, 0.29) is 5.91 Å². The zero-order valence-electron chi connectivity index (χ0n) is 11.7. The van der Waals surface area contributed by atoms with Crippen molar-refractivity contribution in [2.75, 3.05) is 11.9 Å². The number of hydrogen-bond donors (Lipinski definition) is 1. The Balaban J connectivity index is 1.82. The number of ether oxygens (including phenoxy) is 1. The normalized spacial score (nSPS) is 27.0. The summed E-state index contributed by atoms with van der Waals surface area (Å²) in [5.74, 6) is 0.659. The Hall–Kier alpha value is -0.870. The number of carbonyl (C=O) groups excluding carboxylic acids is 1. The molecule has 3 rings (SSSR count). The van der Waals surface area contributed by atoms with E-state index in [2.05, 4.69) is 40.3 Å². The third kappa shape index (κ3) is 2.63. The molecule has 0 saturated carbocycles. The lowest BCUT2D eigenvalue weighted by atomic mass is 9.90. The van der Waals surface area contributed by atoms with Crippen LogP contribution >= 0.6 is 15.9 Å². The standard InChI is InChI=1S/C16H20BrNO2/c1-2-14-12(7-8-20-14)16(17)11-3-5-13-10(9-11)4-6-15(19)18-13/h3,5,9,12,14,16H,2,4,6-8H2,1H3,(H,18,19). The maximum atomic E-state index is 11.4. The van der Waals surface area contributed by atoms with Crippen LogP contribution in [-0.2, 0) is 16.0 Å². The van der Waals surface area contributed by atoms with E-state index in [0.29, 0.717) is 23.3 Å². The molecule has 1 aromatic carbocycles. The van der Waals surface area contributed by atoms with Gasteiger partial charge < -0.3 is 10.1 Å². The lowest BCUT2D eigenvalue weighted by molar-refractivity contribution is -0.116. The van der Waals surface area contributed by atoms with Crippen molar-refractivity contribution in [1.29, 1.82) is 0 Å². The van der Waals surface area contributed by atoms with Crippen LogP contribution in [-0.4, -0.2) is 18.6 Å². The third-order valence-corrected chi connectivity index (χ3v) is 5.59. The van der Waals surface area contributed by atoms with Gasteiger partial charge in [-0.1, -0.05) is 35.0 Å². The predicted octanol–water partition coefficient (Wildman–Crippen LogP) is 3.82. The molecule has 1 fully saturated rings. The minimum absolute atomic E-state index is 0.121. The van der Waals surface area contributed by atoms with E-state index in [1.165, 1.54) is 11.1 Å². The number of alkyl halides is 1. The molecule has 0 radical (unpaired) electrons. The molecule has 0 bridgehead atoms. The van der Waals surface area contributed by atoms with Gasteiger partial charge in [0, 0.05) is 29.5 Å². The van der Waals surface area contributed by atoms with Crippen molar-refractivity contribution >= 4 is 27.5 Å². The maximum Gasteiger partial charge on any atom is 0.224 e. The van der Waals surface area contributed by atoms with E-state index in [9.17, 15) is 4.79 Å². The average Bonchev–Trinajstić information content (AvgIpc) is 2.94. The van der Waals surface area contributed by atoms with Crippen molar-refractivity contribution in [3.05, 3.63) is 29.3 Å². The van der Waals surface area contributed by atoms with Gasteiger partial charge in [0.15, 0.2) is 0 Å². The van der Waals surface area contributed by atoms with Gasteiger partial charge in [0.05, 0.1) is 6.10 Å². The second-order valence-electron chi connectivity index (χ2n) is 5.64. The molecule has 108 valence electrons. The number of amides is 1. The Kier molecular flexibility index (Phi) is 4.13. The zero-order chi connectivity index (χ0) is 14.1. The highest BCUT2D eigenvalue weighted by atomic mass is 79.9. The molecule has 1 aromatic rings. The topological polar surface area (TPSA) is 38.3 Å². The first-order valence-electron chi connectivity index (χ1n) is 7.37. The highest BCUT2D eigenvalue weighted by molar-refractivity contribution is 9.09. The van der Waals surface area contributed by atoms with Crippen LogP contribution in [0.2, 0.25) is 0 Å². The van der Waals surface area contributed by atoms with Crippen LogP contribution in [0.25, 0.3) is 0 Å². The number of carbonyl (C=O) groups is 1. The summed E-state index contributed by atoms with van der Waals surface area (Å²) in [5.41, 5.74) is 3.52. The molecule has 3 unspecified atom stereocenters. The second-order valence-corrected chi connectivity index (χ2v) is 6.62. The van der Waals surface area contributed by atoms with E-state index in [1.54, 1.807) is 0 Å². The van der Waals surface area contributed by atoms with E-state index >= 15 is 0 Å². The molecule has 3 atom stereocenters. The summed E-state index contributed by atoms with van der Waals surface area (Å²) in [5, 5.41) is 2.94. The Bertz CT molecular complexity index is 517.